The topological polar surface area (TPSA) is 51.2 Å². The van der Waals surface area contributed by atoms with E-state index in [9.17, 15) is 4.79 Å². The summed E-state index contributed by atoms with van der Waals surface area (Å²) in [5.41, 5.74) is 0.973. The third-order valence-electron chi connectivity index (χ3n) is 2.82. The molecule has 1 heterocycles. The fraction of sp³-hybridized carbons (Fsp3) is 0.412. The molecule has 1 aromatic heterocycles. The Hall–Kier alpha value is -1.30. The number of rotatable bonds is 5. The summed E-state index contributed by atoms with van der Waals surface area (Å²) >= 11 is 7.12. The van der Waals surface area contributed by atoms with Gasteiger partial charge in [0.25, 0.3) is 0 Å². The summed E-state index contributed by atoms with van der Waals surface area (Å²) in [6.07, 6.45) is -0.362. The van der Waals surface area contributed by atoms with Crippen LogP contribution in [0.25, 0.3) is 0 Å². The van der Waals surface area contributed by atoms with Crippen molar-refractivity contribution in [2.75, 3.05) is 0 Å². The zero-order chi connectivity index (χ0) is 17.8. The van der Waals surface area contributed by atoms with Gasteiger partial charge in [-0.15, -0.1) is 22.9 Å². The molecular formula is C17H21Cl2N2O2S-. The van der Waals surface area contributed by atoms with E-state index in [0.717, 1.165) is 5.56 Å². The van der Waals surface area contributed by atoms with Crippen molar-refractivity contribution >= 4 is 29.0 Å². The summed E-state index contributed by atoms with van der Waals surface area (Å²) in [5, 5.41) is 4.94. The van der Waals surface area contributed by atoms with Crippen LogP contribution in [0.2, 0.25) is 0 Å². The highest BCUT2D eigenvalue weighted by molar-refractivity contribution is 7.09. The van der Waals surface area contributed by atoms with E-state index in [2.05, 4.69) is 10.3 Å². The van der Waals surface area contributed by atoms with Crippen molar-refractivity contribution < 1.29 is 23.3 Å². The van der Waals surface area contributed by atoms with Crippen molar-refractivity contribution in [1.82, 2.24) is 10.3 Å². The summed E-state index contributed by atoms with van der Waals surface area (Å²) in [5.74, 6) is 0.268. The quantitative estimate of drug-likeness (QED) is 0.792. The van der Waals surface area contributed by atoms with Gasteiger partial charge in [0, 0.05) is 5.38 Å². The maximum Gasteiger partial charge on any atom is 0.408 e. The number of nitrogens with one attached hydrogen (secondary N) is 1. The number of hydrogen-bond donors (Lipinski definition) is 1. The average Bonchev–Trinajstić information content (AvgIpc) is 2.95. The molecule has 0 bridgehead atoms. The molecule has 7 heteroatoms. The smallest absolute Gasteiger partial charge is 0.408 e. The van der Waals surface area contributed by atoms with Crippen molar-refractivity contribution in [2.24, 2.45) is 0 Å². The number of thiazole rings is 1. The molecule has 0 spiro atoms. The third-order valence-corrected chi connectivity index (χ3v) is 4.05. The van der Waals surface area contributed by atoms with E-state index in [1.54, 1.807) is 26.2 Å². The normalized spacial score (nSPS) is 14.1. The van der Waals surface area contributed by atoms with E-state index >= 15 is 0 Å². The van der Waals surface area contributed by atoms with Gasteiger partial charge < -0.3 is 22.5 Å². The Morgan fingerprint density at radius 1 is 1.42 bits per heavy atom. The van der Waals surface area contributed by atoms with E-state index < -0.39 is 17.7 Å². The van der Waals surface area contributed by atoms with Gasteiger partial charge in [-0.05, 0) is 32.8 Å². The van der Waals surface area contributed by atoms with Crippen LogP contribution in [0.5, 0.6) is 0 Å². The molecule has 1 N–H and O–H groups in total. The van der Waals surface area contributed by atoms with Crippen LogP contribution in [0.4, 0.5) is 4.79 Å². The number of ether oxygens (including phenoxy) is 1. The van der Waals surface area contributed by atoms with Gasteiger partial charge in [-0.2, -0.15) is 0 Å². The molecule has 0 unspecified atom stereocenters. The van der Waals surface area contributed by atoms with Crippen LogP contribution in [0.15, 0.2) is 35.7 Å². The van der Waals surface area contributed by atoms with Gasteiger partial charge in [0.15, 0.2) is 0 Å². The molecule has 0 aliphatic carbocycles. The molecular weight excluding hydrogens is 367 g/mol. The molecule has 2 aromatic rings. The summed E-state index contributed by atoms with van der Waals surface area (Å²) in [6, 6.07) is 8.11. The molecule has 0 aliphatic rings. The van der Waals surface area contributed by atoms with Crippen LogP contribution in [0.1, 0.15) is 44.4 Å². The molecule has 24 heavy (non-hydrogen) atoms. The zero-order valence-corrected chi connectivity index (χ0v) is 16.1. The van der Waals surface area contributed by atoms with Crippen LogP contribution in [-0.2, 0) is 17.0 Å². The molecule has 0 saturated heterocycles. The minimum Gasteiger partial charge on any atom is -1.00 e. The summed E-state index contributed by atoms with van der Waals surface area (Å²) in [7, 11) is 0. The van der Waals surface area contributed by atoms with Gasteiger partial charge in [0.05, 0.1) is 19.0 Å². The van der Waals surface area contributed by atoms with Crippen molar-refractivity contribution in [3.8, 4) is 0 Å². The second kappa shape index (κ2) is 9.25. The number of nitrogens with zero attached hydrogens (tertiary/aromatic N) is 1. The highest BCUT2D eigenvalue weighted by Crippen LogP contribution is 2.23. The minimum absolute atomic E-state index is 0. The van der Waals surface area contributed by atoms with Crippen LogP contribution in [0.3, 0.4) is 0 Å². The van der Waals surface area contributed by atoms with E-state index in [1.807, 2.05) is 30.3 Å². The van der Waals surface area contributed by atoms with Gasteiger partial charge in [-0.25, -0.2) is 9.78 Å². The third kappa shape index (κ3) is 6.67. The molecule has 0 aliphatic heterocycles. The van der Waals surface area contributed by atoms with Gasteiger partial charge >= 0.3 is 6.09 Å². The Morgan fingerprint density at radius 2 is 2.08 bits per heavy atom. The standard InChI is InChI=1S/C17H21ClN2O2S.ClH/c1-17(2,3)22-16(21)20-14(9-12-7-5-4-6-8-12)15-19-13(10-18)11-23-15;/h4-8,11,14H,9-10H2,1-3H3,(H,20,21);1H/p-1/t14-;/m0./s1/i14D;. The Bertz CT molecular complexity index is 691. The second-order valence-corrected chi connectivity index (χ2v) is 7.17. The van der Waals surface area contributed by atoms with Gasteiger partial charge in [0.2, 0.25) is 0 Å². The first-order valence-electron chi connectivity index (χ1n) is 7.78. The minimum atomic E-state index is -1.42. The molecule has 4 nitrogen and oxygen atoms in total. The van der Waals surface area contributed by atoms with Crippen molar-refractivity contribution in [2.45, 2.75) is 44.7 Å². The highest BCUT2D eigenvalue weighted by Gasteiger charge is 2.22. The van der Waals surface area contributed by atoms with Gasteiger partial charge in [0.1, 0.15) is 10.6 Å². The average molecular weight is 389 g/mol. The summed E-state index contributed by atoms with van der Waals surface area (Å²) in [4.78, 5) is 16.6. The van der Waals surface area contributed by atoms with Crippen LogP contribution in [0, 0.1) is 0 Å². The van der Waals surface area contributed by atoms with Crippen LogP contribution in [-0.4, -0.2) is 16.7 Å². The number of amides is 1. The highest BCUT2D eigenvalue weighted by atomic mass is 35.5. The molecule has 0 fully saturated rings. The maximum absolute atomic E-state index is 12.2. The Labute approximate surface area is 159 Å². The molecule has 2 rings (SSSR count). The molecule has 1 amide bonds. The number of carbonyl (C=O) groups is 1. The fourth-order valence-corrected chi connectivity index (χ4v) is 2.95. The first kappa shape index (κ1) is 19.0. The number of carbonyl (C=O) groups excluding carboxylic acids is 1. The van der Waals surface area contributed by atoms with Crippen LogP contribution >= 0.6 is 22.9 Å². The van der Waals surface area contributed by atoms with Crippen LogP contribution < -0.4 is 17.7 Å². The predicted octanol–water partition coefficient (Wildman–Crippen LogP) is 1.69. The van der Waals surface area contributed by atoms with Gasteiger partial charge in [-0.1, -0.05) is 30.3 Å². The SMILES string of the molecule is [2H][C@@](Cc1ccccc1)(NC(=O)OC(C)(C)C)c1nc(CCl)cs1.[Cl-]. The fourth-order valence-electron chi connectivity index (χ4n) is 1.91. The number of benzene rings is 1. The molecule has 0 saturated carbocycles. The monoisotopic (exact) mass is 388 g/mol. The van der Waals surface area contributed by atoms with E-state index in [0.29, 0.717) is 10.7 Å². The number of alkyl halides is 1. The first-order chi connectivity index (χ1) is 11.2. The van der Waals surface area contributed by atoms with Crippen molar-refractivity contribution in [1.29, 1.82) is 0 Å². The lowest BCUT2D eigenvalue weighted by Crippen LogP contribution is -3.00. The van der Waals surface area contributed by atoms with Gasteiger partial charge in [-0.3, -0.25) is 0 Å². The van der Waals surface area contributed by atoms with E-state index in [-0.39, 0.29) is 24.7 Å². The lowest BCUT2D eigenvalue weighted by atomic mass is 10.1. The number of halogens is 2. The largest absolute Gasteiger partial charge is 1.00 e. The molecule has 1 atom stereocenters. The first-order valence-corrected chi connectivity index (χ1v) is 8.69. The lowest BCUT2D eigenvalue weighted by Gasteiger charge is -2.23. The molecule has 0 radical (unpaired) electrons. The van der Waals surface area contributed by atoms with E-state index in [4.69, 9.17) is 17.7 Å². The predicted molar refractivity (Wildman–Crippen MR) is 93.9 cm³/mol. The van der Waals surface area contributed by atoms with Crippen molar-refractivity contribution in [3.05, 3.63) is 52.0 Å². The number of hydrogen-bond acceptors (Lipinski definition) is 4. The zero-order valence-electron chi connectivity index (χ0n) is 14.8. The number of aromatic nitrogens is 1. The molecule has 1 aromatic carbocycles. The maximum atomic E-state index is 12.2. The summed E-state index contributed by atoms with van der Waals surface area (Å²) < 4.78 is 14.1. The van der Waals surface area contributed by atoms with Crippen molar-refractivity contribution in [3.63, 3.8) is 0 Å². The Kier molecular flexibility index (Phi) is 7.34. The van der Waals surface area contributed by atoms with E-state index in [1.165, 1.54) is 11.3 Å². The molecule has 132 valence electrons. The summed E-state index contributed by atoms with van der Waals surface area (Å²) in [6.45, 7) is 5.35. The number of alkyl carbamates (subject to hydrolysis) is 1. The Balaban J connectivity index is 0.00000312. The lowest BCUT2D eigenvalue weighted by molar-refractivity contribution is -0.0000282. The second-order valence-electron chi connectivity index (χ2n) is 6.05. The Morgan fingerprint density at radius 3 is 2.62 bits per heavy atom.